The van der Waals surface area contributed by atoms with Gasteiger partial charge in [-0.25, -0.2) is 0 Å². The first-order valence-corrected chi connectivity index (χ1v) is 9.99. The highest BCUT2D eigenvalue weighted by Gasteiger charge is 2.25. The molecule has 0 radical (unpaired) electrons. The van der Waals surface area contributed by atoms with Crippen molar-refractivity contribution in [1.82, 2.24) is 10.6 Å². The molecule has 6 heteroatoms. The molecule has 1 unspecified atom stereocenters. The first-order valence-electron chi connectivity index (χ1n) is 9.99. The van der Waals surface area contributed by atoms with Gasteiger partial charge < -0.3 is 16.0 Å². The highest BCUT2D eigenvalue weighted by atomic mass is 35.5. The number of piperidine rings is 1. The van der Waals surface area contributed by atoms with E-state index in [1.54, 1.807) is 0 Å². The second-order valence-corrected chi connectivity index (χ2v) is 7.86. The second-order valence-electron chi connectivity index (χ2n) is 7.86. The first kappa shape index (κ1) is 21.7. The molecule has 3 rings (SSSR count). The SMILES string of the molecule is CC(CC(=O)NCc1cccc(NC(=O)C2CCC2)c1)C1CCNCC1.Cl. The van der Waals surface area contributed by atoms with Gasteiger partial charge in [0.1, 0.15) is 0 Å². The maximum absolute atomic E-state index is 12.3. The molecule has 3 N–H and O–H groups in total. The predicted molar refractivity (Wildman–Crippen MR) is 111 cm³/mol. The Hall–Kier alpha value is -1.59. The van der Waals surface area contributed by atoms with Crippen molar-refractivity contribution >= 4 is 29.9 Å². The van der Waals surface area contributed by atoms with E-state index < -0.39 is 0 Å². The molecule has 1 heterocycles. The molecule has 1 saturated carbocycles. The smallest absolute Gasteiger partial charge is 0.227 e. The van der Waals surface area contributed by atoms with Gasteiger partial charge in [0.2, 0.25) is 11.8 Å². The van der Waals surface area contributed by atoms with Crippen molar-refractivity contribution < 1.29 is 9.59 Å². The van der Waals surface area contributed by atoms with E-state index in [-0.39, 0.29) is 30.1 Å². The fourth-order valence-corrected chi connectivity index (χ4v) is 3.82. The van der Waals surface area contributed by atoms with Crippen LogP contribution >= 0.6 is 12.4 Å². The van der Waals surface area contributed by atoms with Crippen molar-refractivity contribution in [2.24, 2.45) is 17.8 Å². The van der Waals surface area contributed by atoms with E-state index in [0.717, 1.165) is 56.4 Å². The largest absolute Gasteiger partial charge is 0.352 e. The zero-order valence-electron chi connectivity index (χ0n) is 16.1. The van der Waals surface area contributed by atoms with E-state index in [1.165, 1.54) is 0 Å². The summed E-state index contributed by atoms with van der Waals surface area (Å²) in [6, 6.07) is 7.76. The van der Waals surface area contributed by atoms with Crippen molar-refractivity contribution in [2.45, 2.75) is 52.0 Å². The number of benzene rings is 1. The van der Waals surface area contributed by atoms with E-state index >= 15 is 0 Å². The van der Waals surface area contributed by atoms with Crippen molar-refractivity contribution in [2.75, 3.05) is 18.4 Å². The van der Waals surface area contributed by atoms with Crippen LogP contribution in [-0.2, 0) is 16.1 Å². The fraction of sp³-hybridized carbons (Fsp3) is 0.619. The molecular formula is C21H32ClN3O2. The summed E-state index contributed by atoms with van der Waals surface area (Å²) in [7, 11) is 0. The molecule has 5 nitrogen and oxygen atoms in total. The Morgan fingerprint density at radius 2 is 1.93 bits per heavy atom. The molecule has 0 spiro atoms. The van der Waals surface area contributed by atoms with Gasteiger partial charge in [0.15, 0.2) is 0 Å². The number of nitrogens with one attached hydrogen (secondary N) is 3. The maximum Gasteiger partial charge on any atom is 0.227 e. The number of carbonyl (C=O) groups excluding carboxylic acids is 2. The van der Waals surface area contributed by atoms with E-state index in [9.17, 15) is 9.59 Å². The first-order chi connectivity index (χ1) is 12.6. The van der Waals surface area contributed by atoms with Gasteiger partial charge in [0, 0.05) is 24.6 Å². The van der Waals surface area contributed by atoms with Crippen LogP contribution in [0.1, 0.15) is 51.0 Å². The lowest BCUT2D eigenvalue weighted by Gasteiger charge is -2.27. The number of hydrogen-bond donors (Lipinski definition) is 3. The maximum atomic E-state index is 12.3. The van der Waals surface area contributed by atoms with Crippen LogP contribution in [-0.4, -0.2) is 24.9 Å². The van der Waals surface area contributed by atoms with Crippen molar-refractivity contribution in [3.63, 3.8) is 0 Å². The molecule has 1 aromatic rings. The predicted octanol–water partition coefficient (Wildman–Crippen LogP) is 3.49. The van der Waals surface area contributed by atoms with Crippen molar-refractivity contribution in [1.29, 1.82) is 0 Å². The van der Waals surface area contributed by atoms with Gasteiger partial charge in [-0.15, -0.1) is 12.4 Å². The average Bonchev–Trinajstić information content (AvgIpc) is 2.59. The van der Waals surface area contributed by atoms with Gasteiger partial charge in [-0.2, -0.15) is 0 Å². The van der Waals surface area contributed by atoms with Crippen LogP contribution in [0.3, 0.4) is 0 Å². The monoisotopic (exact) mass is 393 g/mol. The minimum absolute atomic E-state index is 0. The Kier molecular flexibility index (Phi) is 8.58. The standard InChI is InChI=1S/C21H31N3O2.ClH/c1-15(17-8-10-22-11-9-17)12-20(25)23-14-16-4-2-7-19(13-16)24-21(26)18-5-3-6-18;/h2,4,7,13,15,17-18,22H,3,5-6,8-12,14H2,1H3,(H,23,25)(H,24,26);1H. The molecular weight excluding hydrogens is 362 g/mol. The highest BCUT2D eigenvalue weighted by molar-refractivity contribution is 5.93. The molecule has 0 bridgehead atoms. The molecule has 150 valence electrons. The summed E-state index contributed by atoms with van der Waals surface area (Å²) in [5.74, 6) is 1.47. The third kappa shape index (κ3) is 6.51. The summed E-state index contributed by atoms with van der Waals surface area (Å²) in [6.07, 6.45) is 6.06. The van der Waals surface area contributed by atoms with Crippen LogP contribution in [0.25, 0.3) is 0 Å². The molecule has 2 amide bonds. The molecule has 2 fully saturated rings. The van der Waals surface area contributed by atoms with Crippen LogP contribution < -0.4 is 16.0 Å². The van der Waals surface area contributed by atoms with Crippen LogP contribution in [0.15, 0.2) is 24.3 Å². The number of halogens is 1. The zero-order chi connectivity index (χ0) is 18.4. The fourth-order valence-electron chi connectivity index (χ4n) is 3.82. The van der Waals surface area contributed by atoms with E-state index in [2.05, 4.69) is 22.9 Å². The van der Waals surface area contributed by atoms with Crippen molar-refractivity contribution in [3.8, 4) is 0 Å². The van der Waals surface area contributed by atoms with Crippen LogP contribution in [0.5, 0.6) is 0 Å². The van der Waals surface area contributed by atoms with Gasteiger partial charge in [-0.3, -0.25) is 9.59 Å². The van der Waals surface area contributed by atoms with Gasteiger partial charge in [-0.1, -0.05) is 25.5 Å². The van der Waals surface area contributed by atoms with Crippen molar-refractivity contribution in [3.05, 3.63) is 29.8 Å². The number of anilines is 1. The van der Waals surface area contributed by atoms with E-state index in [1.807, 2.05) is 24.3 Å². The molecule has 1 aliphatic carbocycles. The molecule has 1 saturated heterocycles. The van der Waals surface area contributed by atoms with Crippen LogP contribution in [0, 0.1) is 17.8 Å². The summed E-state index contributed by atoms with van der Waals surface area (Å²) in [6.45, 7) is 4.82. The lowest BCUT2D eigenvalue weighted by molar-refractivity contribution is -0.123. The molecule has 27 heavy (non-hydrogen) atoms. The van der Waals surface area contributed by atoms with Gasteiger partial charge >= 0.3 is 0 Å². The highest BCUT2D eigenvalue weighted by Crippen LogP contribution is 2.27. The number of carbonyl (C=O) groups is 2. The van der Waals surface area contributed by atoms with Gasteiger partial charge in [0.05, 0.1) is 0 Å². The Bertz CT molecular complexity index is 628. The molecule has 1 atom stereocenters. The minimum atomic E-state index is 0. The summed E-state index contributed by atoms with van der Waals surface area (Å²) < 4.78 is 0. The Labute approximate surface area is 168 Å². The lowest BCUT2D eigenvalue weighted by Crippen LogP contribution is -2.33. The number of hydrogen-bond acceptors (Lipinski definition) is 3. The average molecular weight is 394 g/mol. The van der Waals surface area contributed by atoms with Gasteiger partial charge in [-0.05, 0) is 68.3 Å². The van der Waals surface area contributed by atoms with Crippen LogP contribution in [0.2, 0.25) is 0 Å². The zero-order valence-corrected chi connectivity index (χ0v) is 16.9. The third-order valence-electron chi connectivity index (χ3n) is 5.86. The molecule has 0 aromatic heterocycles. The van der Waals surface area contributed by atoms with E-state index in [0.29, 0.717) is 24.8 Å². The second kappa shape index (κ2) is 10.7. The Morgan fingerprint density at radius 1 is 1.19 bits per heavy atom. The quantitative estimate of drug-likeness (QED) is 0.664. The molecule has 2 aliphatic rings. The number of amides is 2. The third-order valence-corrected chi connectivity index (χ3v) is 5.86. The molecule has 1 aromatic carbocycles. The summed E-state index contributed by atoms with van der Waals surface area (Å²) in [5, 5.41) is 9.39. The topological polar surface area (TPSA) is 70.2 Å². The number of rotatable bonds is 7. The summed E-state index contributed by atoms with van der Waals surface area (Å²) >= 11 is 0. The van der Waals surface area contributed by atoms with E-state index in [4.69, 9.17) is 0 Å². The van der Waals surface area contributed by atoms with Crippen LogP contribution in [0.4, 0.5) is 5.69 Å². The summed E-state index contributed by atoms with van der Waals surface area (Å²) in [4.78, 5) is 24.3. The van der Waals surface area contributed by atoms with Gasteiger partial charge in [0.25, 0.3) is 0 Å². The molecule has 1 aliphatic heterocycles. The Morgan fingerprint density at radius 3 is 2.59 bits per heavy atom. The normalized spacial score (nSPS) is 18.7. The minimum Gasteiger partial charge on any atom is -0.352 e. The Balaban J connectivity index is 0.00000261. The summed E-state index contributed by atoms with van der Waals surface area (Å²) in [5.41, 5.74) is 1.83. The lowest BCUT2D eigenvalue weighted by atomic mass is 9.84.